The third kappa shape index (κ3) is 16.3. The molecule has 10 heteroatoms. The summed E-state index contributed by atoms with van der Waals surface area (Å²) in [7, 11) is 3.15. The van der Waals surface area contributed by atoms with E-state index in [1.54, 1.807) is 76.6 Å². The van der Waals surface area contributed by atoms with Gasteiger partial charge in [-0.15, -0.1) is 0 Å². The van der Waals surface area contributed by atoms with E-state index in [2.05, 4.69) is 34.3 Å². The smallest absolute Gasteiger partial charge is 0.411 e. The summed E-state index contributed by atoms with van der Waals surface area (Å²) in [5.41, 5.74) is 1.31. The highest BCUT2D eigenvalue weighted by Crippen LogP contribution is 2.17. The molecule has 2 rings (SSSR count). The van der Waals surface area contributed by atoms with Crippen molar-refractivity contribution >= 4 is 23.6 Å². The summed E-state index contributed by atoms with van der Waals surface area (Å²) < 4.78 is 19.5. The Morgan fingerprint density at radius 3 is 1.44 bits per heavy atom. The molecule has 0 atom stereocenters. The molecule has 0 radical (unpaired) electrons. The van der Waals surface area contributed by atoms with E-state index in [4.69, 9.17) is 29.2 Å². The molecule has 0 fully saturated rings. The van der Waals surface area contributed by atoms with Crippen molar-refractivity contribution in [1.29, 1.82) is 0 Å². The molecule has 10 nitrogen and oxygen atoms in total. The molecule has 36 heavy (non-hydrogen) atoms. The lowest BCUT2D eigenvalue weighted by atomic mass is 10.3. The molecule has 194 valence electrons. The molecule has 0 saturated heterocycles. The summed E-state index contributed by atoms with van der Waals surface area (Å²) in [4.78, 5) is 22.1. The molecule has 0 unspecified atom stereocenters. The zero-order chi connectivity index (χ0) is 27.0. The Balaban J connectivity index is 0.000000533. The van der Waals surface area contributed by atoms with Crippen molar-refractivity contribution in [3.63, 3.8) is 0 Å². The number of benzene rings is 2. The molecular weight excluding hydrogens is 468 g/mol. The maximum absolute atomic E-state index is 11.0. The Hall–Kier alpha value is -4.38. The van der Waals surface area contributed by atoms with E-state index in [0.717, 1.165) is 0 Å². The van der Waals surface area contributed by atoms with Gasteiger partial charge in [0.25, 0.3) is 0 Å². The molecule has 2 amide bonds. The zero-order valence-corrected chi connectivity index (χ0v) is 20.8. The second-order valence-corrected chi connectivity index (χ2v) is 6.07. The highest BCUT2D eigenvalue weighted by molar-refractivity contribution is 5.85. The number of nitrogens with one attached hydrogen (secondary N) is 2. The lowest BCUT2D eigenvalue weighted by molar-refractivity contribution is 0.167. The van der Waals surface area contributed by atoms with Crippen LogP contribution >= 0.6 is 0 Å². The van der Waals surface area contributed by atoms with Crippen molar-refractivity contribution < 1.29 is 38.7 Å². The molecule has 0 bridgehead atoms. The van der Waals surface area contributed by atoms with Gasteiger partial charge in [-0.05, 0) is 50.0 Å². The Kier molecular flexibility index (Phi) is 18.6. The Bertz CT molecular complexity index is 952. The van der Waals surface area contributed by atoms with Gasteiger partial charge in [0.1, 0.15) is 24.7 Å². The van der Waals surface area contributed by atoms with Crippen molar-refractivity contribution in [2.45, 2.75) is 13.8 Å². The van der Waals surface area contributed by atoms with Crippen LogP contribution < -0.4 is 20.1 Å². The van der Waals surface area contributed by atoms with Crippen LogP contribution in [0.5, 0.6) is 11.5 Å². The molecule has 4 N–H and O–H groups in total. The third-order valence-electron chi connectivity index (χ3n) is 3.58. The van der Waals surface area contributed by atoms with Gasteiger partial charge in [-0.25, -0.2) is 9.59 Å². The van der Waals surface area contributed by atoms with E-state index in [1.807, 2.05) is 0 Å². The maximum atomic E-state index is 11.0. The normalized spacial score (nSPS) is 8.50. The van der Waals surface area contributed by atoms with Gasteiger partial charge in [0.05, 0.1) is 27.4 Å². The first-order valence-electron chi connectivity index (χ1n) is 10.8. The summed E-state index contributed by atoms with van der Waals surface area (Å²) in [5.74, 6) is 10.6. The number of ether oxygens (including phenoxy) is 4. The minimum absolute atomic E-state index is 0.180. The van der Waals surface area contributed by atoms with Crippen molar-refractivity contribution in [3.05, 3.63) is 48.5 Å². The standard InChI is InChI=1S/2C10H13NO3.C6H6O2/c2*1-3-14-10(12)11-8-5-4-6-9(7-8)13-2;7-5-3-1-2-4-6-8/h2*4-7H,3H2,1-2H3,(H,11,12);7-8H,5-6H2. The number of methoxy groups -OCH3 is 2. The molecule has 0 aromatic heterocycles. The van der Waals surface area contributed by atoms with Gasteiger partial charge in [0.2, 0.25) is 0 Å². The van der Waals surface area contributed by atoms with Gasteiger partial charge < -0.3 is 29.2 Å². The van der Waals surface area contributed by atoms with Crippen molar-refractivity contribution in [2.24, 2.45) is 0 Å². The monoisotopic (exact) mass is 500 g/mol. The average Bonchev–Trinajstić information content (AvgIpc) is 2.88. The fraction of sp³-hybridized carbons (Fsp3) is 0.308. The summed E-state index contributed by atoms with van der Waals surface area (Å²) in [6.07, 6.45) is -0.915. The summed E-state index contributed by atoms with van der Waals surface area (Å²) in [5, 5.41) is 21.3. The lowest BCUT2D eigenvalue weighted by Crippen LogP contribution is -2.13. The fourth-order valence-electron chi connectivity index (χ4n) is 2.14. The van der Waals surface area contributed by atoms with E-state index in [0.29, 0.717) is 36.1 Å². The SMILES string of the molecule is CCOC(=O)Nc1cccc(OC)c1.CCOC(=O)Nc1cccc(OC)c1.OCC#CC#CCO. The molecule has 0 aliphatic rings. The quantitative estimate of drug-likeness (QED) is 0.443. The van der Waals surface area contributed by atoms with Crippen LogP contribution in [0, 0.1) is 23.7 Å². The molecule has 0 aliphatic carbocycles. The molecule has 0 heterocycles. The van der Waals surface area contributed by atoms with Gasteiger partial charge in [0.15, 0.2) is 0 Å². The predicted octanol–water partition coefficient (Wildman–Crippen LogP) is 3.51. The van der Waals surface area contributed by atoms with Crippen LogP contribution in [0.3, 0.4) is 0 Å². The minimum atomic E-state index is -0.458. The van der Waals surface area contributed by atoms with Crippen LogP contribution in [0.2, 0.25) is 0 Å². The van der Waals surface area contributed by atoms with E-state index >= 15 is 0 Å². The number of amides is 2. The lowest BCUT2D eigenvalue weighted by Gasteiger charge is -2.06. The van der Waals surface area contributed by atoms with Gasteiger partial charge in [-0.2, -0.15) is 0 Å². The Morgan fingerprint density at radius 1 is 0.750 bits per heavy atom. The van der Waals surface area contributed by atoms with Crippen LogP contribution in [0.25, 0.3) is 0 Å². The number of hydrogen-bond donors (Lipinski definition) is 4. The first-order valence-corrected chi connectivity index (χ1v) is 10.8. The highest BCUT2D eigenvalue weighted by atomic mass is 16.6. The van der Waals surface area contributed by atoms with Gasteiger partial charge >= 0.3 is 12.2 Å². The first kappa shape index (κ1) is 31.6. The Morgan fingerprint density at radius 2 is 1.14 bits per heavy atom. The fourth-order valence-corrected chi connectivity index (χ4v) is 2.14. The summed E-state index contributed by atoms with van der Waals surface area (Å²) in [6.45, 7) is 3.86. The number of anilines is 2. The highest BCUT2D eigenvalue weighted by Gasteiger charge is 2.02. The summed E-state index contributed by atoms with van der Waals surface area (Å²) in [6, 6.07) is 14.2. The second-order valence-electron chi connectivity index (χ2n) is 6.07. The molecule has 0 saturated carbocycles. The van der Waals surface area contributed by atoms with Crippen LogP contribution in [0.1, 0.15) is 13.8 Å². The summed E-state index contributed by atoms with van der Waals surface area (Å²) >= 11 is 0. The van der Waals surface area contributed by atoms with Gasteiger partial charge in [-0.1, -0.05) is 24.0 Å². The molecular formula is C26H32N2O8. The van der Waals surface area contributed by atoms with Crippen LogP contribution in [0.15, 0.2) is 48.5 Å². The Labute approximate surface area is 211 Å². The largest absolute Gasteiger partial charge is 0.497 e. The minimum Gasteiger partial charge on any atom is -0.497 e. The molecule has 0 aliphatic heterocycles. The van der Waals surface area contributed by atoms with E-state index in [1.165, 1.54) is 0 Å². The first-order chi connectivity index (χ1) is 17.4. The second kappa shape index (κ2) is 21.2. The molecule has 0 spiro atoms. The van der Waals surface area contributed by atoms with Crippen LogP contribution in [-0.4, -0.2) is 63.0 Å². The van der Waals surface area contributed by atoms with Gasteiger partial charge in [-0.3, -0.25) is 10.6 Å². The molecule has 2 aromatic carbocycles. The number of carbonyl (C=O) groups is 2. The van der Waals surface area contributed by atoms with Crippen molar-refractivity contribution in [1.82, 2.24) is 0 Å². The topological polar surface area (TPSA) is 136 Å². The van der Waals surface area contributed by atoms with E-state index in [9.17, 15) is 9.59 Å². The number of hydrogen-bond acceptors (Lipinski definition) is 8. The molecule has 2 aromatic rings. The number of rotatable bonds is 6. The average molecular weight is 501 g/mol. The number of aliphatic hydroxyl groups is 2. The predicted molar refractivity (Wildman–Crippen MR) is 137 cm³/mol. The van der Waals surface area contributed by atoms with E-state index < -0.39 is 12.2 Å². The van der Waals surface area contributed by atoms with Crippen molar-refractivity contribution in [2.75, 3.05) is 51.3 Å². The number of carbonyl (C=O) groups excluding carboxylic acids is 2. The number of aliphatic hydroxyl groups excluding tert-OH is 2. The van der Waals surface area contributed by atoms with Gasteiger partial charge in [0, 0.05) is 23.5 Å². The van der Waals surface area contributed by atoms with Crippen LogP contribution in [-0.2, 0) is 9.47 Å². The third-order valence-corrected chi connectivity index (χ3v) is 3.58. The van der Waals surface area contributed by atoms with Crippen LogP contribution in [0.4, 0.5) is 21.0 Å². The van der Waals surface area contributed by atoms with E-state index in [-0.39, 0.29) is 13.2 Å². The van der Waals surface area contributed by atoms with Crippen molar-refractivity contribution in [3.8, 4) is 35.2 Å². The maximum Gasteiger partial charge on any atom is 0.411 e. The zero-order valence-electron chi connectivity index (χ0n) is 20.8.